The fourth-order valence-corrected chi connectivity index (χ4v) is 2.71. The summed E-state index contributed by atoms with van der Waals surface area (Å²) in [5.41, 5.74) is 1.17. The van der Waals surface area contributed by atoms with Gasteiger partial charge in [0, 0.05) is 17.1 Å². The normalized spacial score (nSPS) is 12.3. The zero-order valence-electron chi connectivity index (χ0n) is 11.8. The molecule has 0 bridgehead atoms. The van der Waals surface area contributed by atoms with Crippen LogP contribution in [-0.2, 0) is 0 Å². The van der Waals surface area contributed by atoms with Crippen LogP contribution in [0, 0.1) is 5.82 Å². The second-order valence-corrected chi connectivity index (χ2v) is 5.70. The summed E-state index contributed by atoms with van der Waals surface area (Å²) in [5.74, 6) is -0.207. The second kappa shape index (κ2) is 7.41. The van der Waals surface area contributed by atoms with Gasteiger partial charge in [0.2, 0.25) is 0 Å². The molecule has 4 heteroatoms. The maximum absolute atomic E-state index is 13.6. The van der Waals surface area contributed by atoms with Crippen LogP contribution in [0.15, 0.2) is 52.5 Å². The minimum atomic E-state index is -0.207. The Morgan fingerprint density at radius 2 is 2.10 bits per heavy atom. The van der Waals surface area contributed by atoms with Gasteiger partial charge in [0.1, 0.15) is 10.8 Å². The molecule has 0 aliphatic carbocycles. The fourth-order valence-electron chi connectivity index (χ4n) is 1.87. The minimum absolute atomic E-state index is 0.207. The van der Waals surface area contributed by atoms with Gasteiger partial charge in [-0.05, 0) is 49.7 Å². The number of pyridine rings is 1. The average molecular weight is 290 g/mol. The molecule has 0 saturated heterocycles. The summed E-state index contributed by atoms with van der Waals surface area (Å²) in [6, 6.07) is 11.1. The summed E-state index contributed by atoms with van der Waals surface area (Å²) < 4.78 is 13.6. The van der Waals surface area contributed by atoms with Crippen molar-refractivity contribution in [2.24, 2.45) is 0 Å². The van der Waals surface area contributed by atoms with E-state index in [0.29, 0.717) is 4.90 Å². The van der Waals surface area contributed by atoms with Crippen LogP contribution in [0.1, 0.15) is 31.9 Å². The van der Waals surface area contributed by atoms with Crippen molar-refractivity contribution in [3.8, 4) is 0 Å². The first kappa shape index (κ1) is 15.0. The van der Waals surface area contributed by atoms with Crippen LogP contribution in [0.25, 0.3) is 0 Å². The molecule has 20 heavy (non-hydrogen) atoms. The van der Waals surface area contributed by atoms with Gasteiger partial charge in [0.15, 0.2) is 0 Å². The second-order valence-electron chi connectivity index (χ2n) is 4.64. The van der Waals surface area contributed by atoms with Crippen molar-refractivity contribution < 1.29 is 4.39 Å². The van der Waals surface area contributed by atoms with Crippen LogP contribution >= 0.6 is 11.8 Å². The Morgan fingerprint density at radius 3 is 2.85 bits per heavy atom. The molecule has 106 valence electrons. The van der Waals surface area contributed by atoms with Crippen LogP contribution in [0.5, 0.6) is 0 Å². The molecule has 2 nitrogen and oxygen atoms in total. The van der Waals surface area contributed by atoms with Crippen LogP contribution < -0.4 is 5.32 Å². The third-order valence-electron chi connectivity index (χ3n) is 3.01. The highest BCUT2D eigenvalue weighted by molar-refractivity contribution is 7.99. The van der Waals surface area contributed by atoms with Gasteiger partial charge < -0.3 is 5.32 Å². The van der Waals surface area contributed by atoms with Crippen molar-refractivity contribution in [1.29, 1.82) is 0 Å². The number of hydrogen-bond donors (Lipinski definition) is 1. The summed E-state index contributed by atoms with van der Waals surface area (Å²) in [6.07, 6.45) is 2.88. The van der Waals surface area contributed by atoms with Crippen molar-refractivity contribution in [1.82, 2.24) is 10.3 Å². The van der Waals surface area contributed by atoms with Gasteiger partial charge in [-0.15, -0.1) is 0 Å². The van der Waals surface area contributed by atoms with Gasteiger partial charge >= 0.3 is 0 Å². The van der Waals surface area contributed by atoms with Gasteiger partial charge in [-0.2, -0.15) is 0 Å². The number of hydrogen-bond acceptors (Lipinski definition) is 3. The maximum Gasteiger partial charge on any atom is 0.137 e. The standard InChI is InChI=1S/C16H19FN2S/c1-3-9-18-12(2)13-8-10-19-16(11-13)20-15-7-5-4-6-14(15)17/h4-8,10-12,18H,3,9H2,1-2H3. The molecule has 1 N–H and O–H groups in total. The lowest BCUT2D eigenvalue weighted by Gasteiger charge is -2.14. The highest BCUT2D eigenvalue weighted by atomic mass is 32.2. The summed E-state index contributed by atoms with van der Waals surface area (Å²) in [4.78, 5) is 4.91. The lowest BCUT2D eigenvalue weighted by atomic mass is 10.1. The molecule has 0 saturated carbocycles. The highest BCUT2D eigenvalue weighted by Crippen LogP contribution is 2.29. The summed E-state index contributed by atoms with van der Waals surface area (Å²) >= 11 is 1.36. The molecule has 0 spiro atoms. The summed E-state index contributed by atoms with van der Waals surface area (Å²) in [7, 11) is 0. The first-order valence-electron chi connectivity index (χ1n) is 6.82. The molecule has 1 aromatic carbocycles. The Morgan fingerprint density at radius 1 is 1.30 bits per heavy atom. The first-order valence-corrected chi connectivity index (χ1v) is 7.64. The molecule has 0 aliphatic rings. The van der Waals surface area contributed by atoms with E-state index in [1.54, 1.807) is 18.3 Å². The topological polar surface area (TPSA) is 24.9 Å². The fraction of sp³-hybridized carbons (Fsp3) is 0.312. The molecular formula is C16H19FN2S. The highest BCUT2D eigenvalue weighted by Gasteiger charge is 2.08. The zero-order chi connectivity index (χ0) is 14.4. The van der Waals surface area contributed by atoms with Crippen LogP contribution in [0.3, 0.4) is 0 Å². The van der Waals surface area contributed by atoms with Crippen molar-refractivity contribution in [3.05, 3.63) is 54.0 Å². The molecule has 0 aliphatic heterocycles. The number of nitrogens with one attached hydrogen (secondary N) is 1. The molecule has 0 radical (unpaired) electrons. The Bertz CT molecular complexity index is 560. The lowest BCUT2D eigenvalue weighted by Crippen LogP contribution is -2.19. The van der Waals surface area contributed by atoms with E-state index in [-0.39, 0.29) is 11.9 Å². The maximum atomic E-state index is 13.6. The van der Waals surface area contributed by atoms with Gasteiger partial charge in [-0.3, -0.25) is 0 Å². The van der Waals surface area contributed by atoms with E-state index in [0.717, 1.165) is 18.0 Å². The van der Waals surface area contributed by atoms with E-state index in [2.05, 4.69) is 24.1 Å². The average Bonchev–Trinajstić information content (AvgIpc) is 2.47. The third kappa shape index (κ3) is 4.05. The third-order valence-corrected chi connectivity index (χ3v) is 3.99. The molecule has 1 heterocycles. The van der Waals surface area contributed by atoms with Gasteiger partial charge in [0.25, 0.3) is 0 Å². The summed E-state index contributed by atoms with van der Waals surface area (Å²) in [5, 5.41) is 4.26. The van der Waals surface area contributed by atoms with Crippen molar-refractivity contribution in [3.63, 3.8) is 0 Å². The largest absolute Gasteiger partial charge is 0.310 e. The first-order chi connectivity index (χ1) is 9.70. The van der Waals surface area contributed by atoms with Crippen molar-refractivity contribution in [2.75, 3.05) is 6.54 Å². The van der Waals surface area contributed by atoms with Crippen molar-refractivity contribution in [2.45, 2.75) is 36.2 Å². The van der Waals surface area contributed by atoms with E-state index in [4.69, 9.17) is 0 Å². The van der Waals surface area contributed by atoms with Crippen LogP contribution in [-0.4, -0.2) is 11.5 Å². The monoisotopic (exact) mass is 290 g/mol. The Kier molecular flexibility index (Phi) is 5.56. The van der Waals surface area contributed by atoms with E-state index < -0.39 is 0 Å². The number of benzene rings is 1. The van der Waals surface area contributed by atoms with E-state index >= 15 is 0 Å². The van der Waals surface area contributed by atoms with Gasteiger partial charge in [0.05, 0.1) is 0 Å². The smallest absolute Gasteiger partial charge is 0.137 e. The number of nitrogens with zero attached hydrogens (tertiary/aromatic N) is 1. The molecule has 0 amide bonds. The van der Waals surface area contributed by atoms with Crippen molar-refractivity contribution >= 4 is 11.8 Å². The molecule has 2 aromatic rings. The molecule has 1 atom stereocenters. The van der Waals surface area contributed by atoms with Gasteiger partial charge in [-0.25, -0.2) is 9.37 Å². The predicted molar refractivity (Wildman–Crippen MR) is 81.5 cm³/mol. The molecule has 1 unspecified atom stereocenters. The molecule has 1 aromatic heterocycles. The minimum Gasteiger partial charge on any atom is -0.310 e. The van der Waals surface area contributed by atoms with E-state index in [9.17, 15) is 4.39 Å². The van der Waals surface area contributed by atoms with Crippen LogP contribution in [0.2, 0.25) is 0 Å². The van der Waals surface area contributed by atoms with E-state index in [1.165, 1.54) is 23.4 Å². The SMILES string of the molecule is CCCNC(C)c1ccnc(Sc2ccccc2F)c1. The predicted octanol–water partition coefficient (Wildman–Crippen LogP) is 4.43. The number of rotatable bonds is 6. The number of aromatic nitrogens is 1. The molecular weight excluding hydrogens is 271 g/mol. The zero-order valence-corrected chi connectivity index (χ0v) is 12.6. The molecule has 0 fully saturated rings. The van der Waals surface area contributed by atoms with Gasteiger partial charge in [-0.1, -0.05) is 30.8 Å². The Labute approximate surface area is 123 Å². The summed E-state index contributed by atoms with van der Waals surface area (Å²) in [6.45, 7) is 5.26. The Balaban J connectivity index is 2.12. The van der Waals surface area contributed by atoms with E-state index in [1.807, 2.05) is 18.2 Å². The quantitative estimate of drug-likeness (QED) is 0.851. The Hall–Kier alpha value is -1.39. The molecule has 2 rings (SSSR count). The lowest BCUT2D eigenvalue weighted by molar-refractivity contribution is 0.569. The van der Waals surface area contributed by atoms with Crippen LogP contribution in [0.4, 0.5) is 4.39 Å². The number of halogens is 1.